The number of hydrogen-bond donors (Lipinski definition) is 3. The minimum absolute atomic E-state index is 0.00362. The summed E-state index contributed by atoms with van der Waals surface area (Å²) in [6, 6.07) is 20.8. The molecule has 0 aliphatic rings. The van der Waals surface area contributed by atoms with Crippen molar-refractivity contribution in [2.75, 3.05) is 6.54 Å². The molecular weight excluding hydrogens is 395 g/mol. The third kappa shape index (κ3) is 5.14. The molecule has 4 rings (SSSR count). The molecule has 0 spiro atoms. The molecule has 31 heavy (non-hydrogen) atoms. The van der Waals surface area contributed by atoms with Gasteiger partial charge in [-0.15, -0.1) is 0 Å². The summed E-state index contributed by atoms with van der Waals surface area (Å²) >= 11 is 0. The number of aromatic amines is 1. The first-order valence-electron chi connectivity index (χ1n) is 9.87. The van der Waals surface area contributed by atoms with Crippen LogP contribution in [0.1, 0.15) is 22.7 Å². The molecule has 0 aliphatic heterocycles. The lowest BCUT2D eigenvalue weighted by atomic mass is 9.98. The van der Waals surface area contributed by atoms with Gasteiger partial charge in [-0.2, -0.15) is 0 Å². The fraction of sp³-hybridized carbons (Fsp3) is 0.125. The van der Waals surface area contributed by atoms with Crippen LogP contribution in [0.25, 0.3) is 11.0 Å². The molecule has 156 valence electrons. The number of nitrogens with one attached hydrogen (secondary N) is 3. The Morgan fingerprint density at radius 3 is 2.58 bits per heavy atom. The largest absolute Gasteiger partial charge is 0.347 e. The molecule has 0 radical (unpaired) electrons. The van der Waals surface area contributed by atoms with Crippen molar-refractivity contribution in [3.63, 3.8) is 0 Å². The monoisotopic (exact) mass is 416 g/mol. The summed E-state index contributed by atoms with van der Waals surface area (Å²) in [4.78, 5) is 32.1. The normalized spacial score (nSPS) is 11.8. The lowest BCUT2D eigenvalue weighted by molar-refractivity contribution is -0.126. The average molecular weight is 416 g/mol. The molecule has 0 saturated heterocycles. The van der Waals surface area contributed by atoms with Crippen molar-refractivity contribution < 1.29 is 14.0 Å². The highest BCUT2D eigenvalue weighted by molar-refractivity contribution is 5.86. The van der Waals surface area contributed by atoms with Crippen molar-refractivity contribution in [2.45, 2.75) is 12.5 Å². The molecule has 1 unspecified atom stereocenters. The minimum atomic E-state index is -0.400. The zero-order valence-corrected chi connectivity index (χ0v) is 16.6. The third-order valence-electron chi connectivity index (χ3n) is 4.92. The second kappa shape index (κ2) is 9.21. The SMILES string of the molecule is O=C(Cc1cccc(F)c1)NCC(=O)NC(c1ccccc1)c1ccc2nc[nH]c2c1. The van der Waals surface area contributed by atoms with Crippen LogP contribution >= 0.6 is 0 Å². The maximum absolute atomic E-state index is 13.3. The summed E-state index contributed by atoms with van der Waals surface area (Å²) < 4.78 is 13.3. The van der Waals surface area contributed by atoms with Gasteiger partial charge in [0.05, 0.1) is 36.4 Å². The topological polar surface area (TPSA) is 86.9 Å². The van der Waals surface area contributed by atoms with E-state index in [2.05, 4.69) is 20.6 Å². The van der Waals surface area contributed by atoms with Crippen LogP contribution < -0.4 is 10.6 Å². The maximum atomic E-state index is 13.3. The van der Waals surface area contributed by atoms with Gasteiger partial charge in [-0.05, 0) is 41.0 Å². The summed E-state index contributed by atoms with van der Waals surface area (Å²) in [5.74, 6) is -1.08. The third-order valence-corrected chi connectivity index (χ3v) is 4.92. The van der Waals surface area contributed by atoms with E-state index in [1.807, 2.05) is 48.5 Å². The predicted molar refractivity (Wildman–Crippen MR) is 116 cm³/mol. The molecule has 6 nitrogen and oxygen atoms in total. The standard InChI is InChI=1S/C24H21FN4O2/c25-19-8-4-5-16(11-19)12-22(30)26-14-23(31)29-24(17-6-2-1-3-7-17)18-9-10-20-21(13-18)28-15-27-20/h1-11,13,15,24H,12,14H2,(H,26,30)(H,27,28)(H,29,31). The van der Waals surface area contributed by atoms with Crippen LogP contribution in [0.3, 0.4) is 0 Å². The van der Waals surface area contributed by atoms with Gasteiger partial charge in [0.15, 0.2) is 0 Å². The fourth-order valence-corrected chi connectivity index (χ4v) is 3.42. The highest BCUT2D eigenvalue weighted by Gasteiger charge is 2.18. The van der Waals surface area contributed by atoms with E-state index in [0.29, 0.717) is 5.56 Å². The van der Waals surface area contributed by atoms with E-state index in [9.17, 15) is 14.0 Å². The van der Waals surface area contributed by atoms with Crippen molar-refractivity contribution in [1.29, 1.82) is 0 Å². The first-order valence-corrected chi connectivity index (χ1v) is 9.87. The Kier molecular flexibility index (Phi) is 6.03. The summed E-state index contributed by atoms with van der Waals surface area (Å²) in [7, 11) is 0. The van der Waals surface area contributed by atoms with Gasteiger partial charge in [0.1, 0.15) is 5.82 Å². The van der Waals surface area contributed by atoms with E-state index in [0.717, 1.165) is 22.2 Å². The molecule has 1 aromatic heterocycles. The Morgan fingerprint density at radius 2 is 1.77 bits per heavy atom. The van der Waals surface area contributed by atoms with E-state index in [1.54, 1.807) is 18.5 Å². The zero-order valence-electron chi connectivity index (χ0n) is 16.6. The van der Waals surface area contributed by atoms with E-state index in [4.69, 9.17) is 0 Å². The van der Waals surface area contributed by atoms with E-state index in [1.165, 1.54) is 12.1 Å². The Labute approximate surface area is 178 Å². The van der Waals surface area contributed by atoms with Crippen LogP contribution in [0.15, 0.2) is 79.1 Å². The number of amides is 2. The Morgan fingerprint density at radius 1 is 0.935 bits per heavy atom. The summed E-state index contributed by atoms with van der Waals surface area (Å²) in [6.45, 7) is -0.177. The van der Waals surface area contributed by atoms with E-state index in [-0.39, 0.29) is 30.8 Å². The van der Waals surface area contributed by atoms with Crippen molar-refractivity contribution in [3.8, 4) is 0 Å². The van der Waals surface area contributed by atoms with E-state index >= 15 is 0 Å². The number of nitrogens with zero attached hydrogens (tertiary/aromatic N) is 1. The van der Waals surface area contributed by atoms with Gasteiger partial charge < -0.3 is 15.6 Å². The number of hydrogen-bond acceptors (Lipinski definition) is 3. The number of benzene rings is 3. The molecule has 3 N–H and O–H groups in total. The second-order valence-corrected chi connectivity index (χ2v) is 7.17. The summed E-state index contributed by atoms with van der Waals surface area (Å²) in [5, 5.41) is 5.58. The summed E-state index contributed by atoms with van der Waals surface area (Å²) in [5.41, 5.74) is 4.07. The molecule has 3 aromatic carbocycles. The lowest BCUT2D eigenvalue weighted by Crippen LogP contribution is -2.39. The van der Waals surface area contributed by atoms with Crippen LogP contribution in [0, 0.1) is 5.82 Å². The van der Waals surface area contributed by atoms with Crippen molar-refractivity contribution >= 4 is 22.8 Å². The molecule has 7 heteroatoms. The Hall–Kier alpha value is -4.00. The maximum Gasteiger partial charge on any atom is 0.240 e. The van der Waals surface area contributed by atoms with Crippen molar-refractivity contribution in [3.05, 3.63) is 102 Å². The highest BCUT2D eigenvalue weighted by atomic mass is 19.1. The predicted octanol–water partition coefficient (Wildman–Crippen LogP) is 3.27. The molecule has 1 atom stereocenters. The minimum Gasteiger partial charge on any atom is -0.347 e. The lowest BCUT2D eigenvalue weighted by Gasteiger charge is -2.20. The number of halogens is 1. The molecule has 0 bridgehead atoms. The van der Waals surface area contributed by atoms with Gasteiger partial charge in [0.25, 0.3) is 0 Å². The van der Waals surface area contributed by atoms with Gasteiger partial charge >= 0.3 is 0 Å². The van der Waals surface area contributed by atoms with E-state index < -0.39 is 5.82 Å². The van der Waals surface area contributed by atoms with Crippen LogP contribution in [0.5, 0.6) is 0 Å². The Balaban J connectivity index is 1.44. The van der Waals surface area contributed by atoms with Gasteiger partial charge in [-0.1, -0.05) is 48.5 Å². The van der Waals surface area contributed by atoms with Crippen LogP contribution in [0.2, 0.25) is 0 Å². The average Bonchev–Trinajstić information content (AvgIpc) is 3.24. The highest BCUT2D eigenvalue weighted by Crippen LogP contribution is 2.24. The fourth-order valence-electron chi connectivity index (χ4n) is 3.42. The van der Waals surface area contributed by atoms with Gasteiger partial charge in [0.2, 0.25) is 11.8 Å². The summed E-state index contributed by atoms with van der Waals surface area (Å²) in [6.07, 6.45) is 1.63. The van der Waals surface area contributed by atoms with Crippen molar-refractivity contribution in [2.24, 2.45) is 0 Å². The van der Waals surface area contributed by atoms with Gasteiger partial charge in [-0.3, -0.25) is 9.59 Å². The molecular formula is C24H21FN4O2. The number of imidazole rings is 1. The molecule has 1 heterocycles. The van der Waals surface area contributed by atoms with Crippen LogP contribution in [0.4, 0.5) is 4.39 Å². The zero-order chi connectivity index (χ0) is 21.6. The first-order chi connectivity index (χ1) is 15.1. The smallest absolute Gasteiger partial charge is 0.240 e. The number of carbonyl (C=O) groups is 2. The number of carbonyl (C=O) groups excluding carboxylic acids is 2. The molecule has 0 aliphatic carbocycles. The number of aromatic nitrogens is 2. The number of rotatable bonds is 7. The second-order valence-electron chi connectivity index (χ2n) is 7.17. The quantitative estimate of drug-likeness (QED) is 0.432. The molecule has 4 aromatic rings. The first kappa shape index (κ1) is 20.3. The molecule has 0 saturated carbocycles. The molecule has 0 fully saturated rings. The van der Waals surface area contributed by atoms with Gasteiger partial charge in [-0.25, -0.2) is 9.37 Å². The van der Waals surface area contributed by atoms with Gasteiger partial charge in [0, 0.05) is 0 Å². The van der Waals surface area contributed by atoms with Crippen molar-refractivity contribution in [1.82, 2.24) is 20.6 Å². The van der Waals surface area contributed by atoms with Crippen LogP contribution in [-0.2, 0) is 16.0 Å². The Bertz CT molecular complexity index is 1210. The number of H-pyrrole nitrogens is 1. The number of fused-ring (bicyclic) bond motifs is 1. The van der Waals surface area contributed by atoms with Crippen LogP contribution in [-0.4, -0.2) is 28.3 Å². The molecule has 2 amide bonds.